The van der Waals surface area contributed by atoms with E-state index >= 15 is 0 Å². The van der Waals surface area contributed by atoms with Gasteiger partial charge >= 0.3 is 0 Å². The number of oxazole rings is 1. The van der Waals surface area contributed by atoms with Gasteiger partial charge in [0, 0.05) is 30.5 Å². The summed E-state index contributed by atoms with van der Waals surface area (Å²) in [5.74, 6) is 1.41. The number of benzene rings is 1. The summed E-state index contributed by atoms with van der Waals surface area (Å²) < 4.78 is 18.5. The van der Waals surface area contributed by atoms with E-state index in [1.54, 1.807) is 18.4 Å². The molecule has 152 valence electrons. The van der Waals surface area contributed by atoms with Crippen molar-refractivity contribution in [2.24, 2.45) is 23.5 Å². The lowest BCUT2D eigenvalue weighted by molar-refractivity contribution is -0.127. The number of hydrogen-bond acceptors (Lipinski definition) is 4. The molecule has 2 bridgehead atoms. The number of carbonyl (C=O) groups excluding carboxylic acids is 1. The molecule has 2 unspecified atom stereocenters. The zero-order valence-electron chi connectivity index (χ0n) is 15.8. The van der Waals surface area contributed by atoms with Gasteiger partial charge in [0.15, 0.2) is 0 Å². The Morgan fingerprint density at radius 3 is 2.57 bits per heavy atom. The molecule has 2 saturated carbocycles. The summed E-state index contributed by atoms with van der Waals surface area (Å²) in [6.07, 6.45) is 7.60. The molecule has 7 heteroatoms. The van der Waals surface area contributed by atoms with Crippen molar-refractivity contribution in [3.05, 3.63) is 42.0 Å². The first-order chi connectivity index (χ1) is 13.1. The Balaban J connectivity index is 0.00000225. The van der Waals surface area contributed by atoms with Gasteiger partial charge in [-0.05, 0) is 61.8 Å². The molecule has 2 atom stereocenters. The van der Waals surface area contributed by atoms with Gasteiger partial charge in [-0.2, -0.15) is 0 Å². The number of hydrogen-bond donors (Lipinski definition) is 2. The number of halogens is 2. The molecule has 0 spiro atoms. The maximum atomic E-state index is 13.0. The number of nitrogens with two attached hydrogens (primary N) is 1. The van der Waals surface area contributed by atoms with Crippen molar-refractivity contribution in [3.63, 3.8) is 0 Å². The van der Waals surface area contributed by atoms with Crippen LogP contribution in [0.3, 0.4) is 0 Å². The van der Waals surface area contributed by atoms with E-state index in [9.17, 15) is 9.18 Å². The highest BCUT2D eigenvalue weighted by molar-refractivity contribution is 5.85. The van der Waals surface area contributed by atoms with Crippen LogP contribution in [0.1, 0.15) is 37.8 Å². The van der Waals surface area contributed by atoms with Gasteiger partial charge in [-0.25, -0.2) is 9.37 Å². The quantitative estimate of drug-likeness (QED) is 0.791. The molecular formula is C21H27ClFN3O2. The second kappa shape index (κ2) is 9.05. The Kier molecular flexibility index (Phi) is 6.73. The highest BCUT2D eigenvalue weighted by Gasteiger charge is 2.40. The van der Waals surface area contributed by atoms with Gasteiger partial charge in [0.1, 0.15) is 12.1 Å². The molecule has 2 aliphatic carbocycles. The molecule has 2 aromatic rings. The van der Waals surface area contributed by atoms with E-state index in [-0.39, 0.29) is 36.1 Å². The average molecular weight is 408 g/mol. The zero-order valence-corrected chi connectivity index (χ0v) is 16.6. The monoisotopic (exact) mass is 407 g/mol. The third kappa shape index (κ3) is 4.55. The second-order valence-electron chi connectivity index (χ2n) is 7.89. The van der Waals surface area contributed by atoms with Crippen LogP contribution in [0.15, 0.2) is 34.9 Å². The van der Waals surface area contributed by atoms with E-state index in [0.717, 1.165) is 36.9 Å². The van der Waals surface area contributed by atoms with Gasteiger partial charge < -0.3 is 15.5 Å². The average Bonchev–Trinajstić information content (AvgIpc) is 3.11. The van der Waals surface area contributed by atoms with Crippen LogP contribution in [0.25, 0.3) is 11.5 Å². The van der Waals surface area contributed by atoms with E-state index in [1.165, 1.54) is 18.6 Å². The summed E-state index contributed by atoms with van der Waals surface area (Å²) in [6.45, 7) is 0.534. The topological polar surface area (TPSA) is 81.2 Å². The second-order valence-corrected chi connectivity index (χ2v) is 7.89. The fraction of sp³-hybridized carbons (Fsp3) is 0.524. The molecule has 1 aromatic heterocycles. The number of aromatic nitrogens is 1. The number of rotatable bonds is 5. The molecule has 0 radical (unpaired) electrons. The van der Waals surface area contributed by atoms with Crippen LogP contribution in [0.2, 0.25) is 0 Å². The van der Waals surface area contributed by atoms with Gasteiger partial charge in [0.2, 0.25) is 11.8 Å². The number of nitrogens with one attached hydrogen (secondary N) is 1. The Hall–Kier alpha value is -1.92. The van der Waals surface area contributed by atoms with Crippen LogP contribution >= 0.6 is 12.4 Å². The summed E-state index contributed by atoms with van der Waals surface area (Å²) in [5.41, 5.74) is 7.82. The van der Waals surface area contributed by atoms with Crippen molar-refractivity contribution >= 4 is 18.3 Å². The number of carbonyl (C=O) groups is 1. The van der Waals surface area contributed by atoms with Gasteiger partial charge in [0.05, 0.1) is 5.69 Å². The smallest absolute Gasteiger partial charge is 0.226 e. The summed E-state index contributed by atoms with van der Waals surface area (Å²) in [4.78, 5) is 17.0. The fourth-order valence-corrected chi connectivity index (χ4v) is 4.61. The molecule has 5 nitrogen and oxygen atoms in total. The first-order valence-electron chi connectivity index (χ1n) is 9.84. The van der Waals surface area contributed by atoms with Crippen LogP contribution in [0, 0.1) is 23.6 Å². The Labute approximate surface area is 170 Å². The first-order valence-corrected chi connectivity index (χ1v) is 9.84. The van der Waals surface area contributed by atoms with E-state index in [2.05, 4.69) is 10.3 Å². The van der Waals surface area contributed by atoms with Crippen molar-refractivity contribution in [1.82, 2.24) is 10.3 Å². The minimum Gasteiger partial charge on any atom is -0.444 e. The lowest BCUT2D eigenvalue weighted by atomic mass is 9.65. The Morgan fingerprint density at radius 1 is 1.21 bits per heavy atom. The summed E-state index contributed by atoms with van der Waals surface area (Å²) in [7, 11) is 0. The van der Waals surface area contributed by atoms with E-state index in [1.807, 2.05) is 0 Å². The predicted octanol–water partition coefficient (Wildman–Crippen LogP) is 3.71. The van der Waals surface area contributed by atoms with Gasteiger partial charge in [-0.3, -0.25) is 4.79 Å². The maximum absolute atomic E-state index is 13.0. The van der Waals surface area contributed by atoms with E-state index in [4.69, 9.17) is 10.2 Å². The molecule has 2 fully saturated rings. The van der Waals surface area contributed by atoms with Crippen molar-refractivity contribution in [2.75, 3.05) is 6.54 Å². The van der Waals surface area contributed by atoms with Gasteiger partial charge in [-0.15, -0.1) is 12.4 Å². The summed E-state index contributed by atoms with van der Waals surface area (Å²) in [5, 5.41) is 3.05. The fourth-order valence-electron chi connectivity index (χ4n) is 4.61. The van der Waals surface area contributed by atoms with Crippen LogP contribution in [-0.4, -0.2) is 23.5 Å². The molecule has 3 N–H and O–H groups in total. The van der Waals surface area contributed by atoms with E-state index < -0.39 is 0 Å². The standard InChI is InChI=1S/C21H26FN3O2.ClH/c22-17-6-4-13(5-7-17)21-25-18(12-27-21)8-9-24-20(26)16-10-14-2-1-3-15(11-16)19(14)23;/h4-7,12,14-16,19H,1-3,8-11,23H2,(H,24,26);1H. The molecular weight excluding hydrogens is 381 g/mol. The molecule has 28 heavy (non-hydrogen) atoms. The maximum Gasteiger partial charge on any atom is 0.226 e. The van der Waals surface area contributed by atoms with Crippen molar-refractivity contribution in [2.45, 2.75) is 44.6 Å². The third-order valence-corrected chi connectivity index (χ3v) is 6.11. The molecule has 1 aromatic carbocycles. The molecule has 0 aliphatic heterocycles. The zero-order chi connectivity index (χ0) is 18.8. The lowest BCUT2D eigenvalue weighted by Crippen LogP contribution is -2.49. The minimum absolute atomic E-state index is 0. The van der Waals surface area contributed by atoms with Crippen LogP contribution in [0.5, 0.6) is 0 Å². The predicted molar refractivity (Wildman–Crippen MR) is 107 cm³/mol. The third-order valence-electron chi connectivity index (χ3n) is 6.11. The number of amides is 1. The van der Waals surface area contributed by atoms with E-state index in [0.29, 0.717) is 30.7 Å². The van der Waals surface area contributed by atoms with Crippen LogP contribution in [-0.2, 0) is 11.2 Å². The summed E-state index contributed by atoms with van der Waals surface area (Å²) >= 11 is 0. The molecule has 4 rings (SSSR count). The molecule has 1 amide bonds. The number of nitrogens with zero attached hydrogens (tertiary/aromatic N) is 1. The van der Waals surface area contributed by atoms with Crippen LogP contribution in [0.4, 0.5) is 4.39 Å². The Bertz CT molecular complexity index is 781. The molecule has 2 aliphatic rings. The lowest BCUT2D eigenvalue weighted by Gasteiger charge is -2.43. The van der Waals surface area contributed by atoms with Gasteiger partial charge in [-0.1, -0.05) is 6.42 Å². The molecule has 1 heterocycles. The van der Waals surface area contributed by atoms with Crippen molar-refractivity contribution < 1.29 is 13.6 Å². The van der Waals surface area contributed by atoms with Crippen LogP contribution < -0.4 is 11.1 Å². The number of fused-ring (bicyclic) bond motifs is 2. The van der Waals surface area contributed by atoms with Crippen molar-refractivity contribution in [1.29, 1.82) is 0 Å². The SMILES string of the molecule is Cl.NC1C2CCCC1CC(C(=O)NCCc1coc(-c3ccc(F)cc3)n1)C2. The summed E-state index contributed by atoms with van der Waals surface area (Å²) in [6, 6.07) is 6.31. The highest BCUT2D eigenvalue weighted by Crippen LogP contribution is 2.41. The van der Waals surface area contributed by atoms with Crippen molar-refractivity contribution in [3.8, 4) is 11.5 Å². The highest BCUT2D eigenvalue weighted by atomic mass is 35.5. The first kappa shape index (κ1) is 20.8. The minimum atomic E-state index is -0.291. The largest absolute Gasteiger partial charge is 0.444 e. The normalized spacial score (nSPS) is 26.4. The van der Waals surface area contributed by atoms with Gasteiger partial charge in [0.25, 0.3) is 0 Å². The molecule has 0 saturated heterocycles. The Morgan fingerprint density at radius 2 is 1.89 bits per heavy atom.